The second kappa shape index (κ2) is 7.41. The quantitative estimate of drug-likeness (QED) is 0.690. The van der Waals surface area contributed by atoms with Gasteiger partial charge in [-0.1, -0.05) is 25.7 Å². The van der Waals surface area contributed by atoms with E-state index in [-0.39, 0.29) is 0 Å². The molecule has 0 radical (unpaired) electrons. The highest BCUT2D eigenvalue weighted by atomic mass is 16.5. The van der Waals surface area contributed by atoms with Gasteiger partial charge in [0, 0.05) is 36.3 Å². The van der Waals surface area contributed by atoms with Crippen molar-refractivity contribution in [3.05, 3.63) is 0 Å². The van der Waals surface area contributed by atoms with Crippen molar-refractivity contribution in [2.75, 3.05) is 0 Å². The zero-order chi connectivity index (χ0) is 19.8. The monoisotopic (exact) mass is 414 g/mol. The van der Waals surface area contributed by atoms with Crippen LogP contribution in [-0.2, 0) is 4.74 Å². The fourth-order valence-corrected chi connectivity index (χ4v) is 9.33. The van der Waals surface area contributed by atoms with Crippen LogP contribution < -0.4 is 11.1 Å². The highest BCUT2D eigenvalue weighted by Gasteiger charge is 2.59. The Bertz CT molecular complexity index is 659. The molecule has 7 fully saturated rings. The predicted octanol–water partition coefficient (Wildman–Crippen LogP) is 3.18. The molecule has 5 heteroatoms. The fraction of sp³-hybridized carbons (Fsp3) is 1.00. The summed E-state index contributed by atoms with van der Waals surface area (Å²) in [5.41, 5.74) is 6.41. The van der Waals surface area contributed by atoms with Crippen molar-refractivity contribution in [2.24, 2.45) is 17.6 Å². The van der Waals surface area contributed by atoms with E-state index >= 15 is 0 Å². The summed E-state index contributed by atoms with van der Waals surface area (Å²) in [6.45, 7) is 0. The molecule has 5 nitrogen and oxygen atoms in total. The molecule has 4 saturated carbocycles. The summed E-state index contributed by atoms with van der Waals surface area (Å²) < 4.78 is 6.60. The molecule has 30 heavy (non-hydrogen) atoms. The standard InChI is InChI=1S/C25H42N4O/c26-15-9-11-23-17(13-15)18-14-16(10-12-24(18)30-23)28-21-7-3-4-8-22(21)29-20-6-2-1-5-19(20)27-25(28)29/h15-25,27H,1-14,26H2. The van der Waals surface area contributed by atoms with Crippen LogP contribution in [0.25, 0.3) is 0 Å². The Balaban J connectivity index is 1.15. The first-order chi connectivity index (χ1) is 14.8. The Labute approximate surface area is 182 Å². The normalized spacial score (nSPS) is 56.1. The number of hydrogen-bond acceptors (Lipinski definition) is 5. The number of rotatable bonds is 1. The van der Waals surface area contributed by atoms with Crippen molar-refractivity contribution in [1.82, 2.24) is 15.1 Å². The fourth-order valence-electron chi connectivity index (χ4n) is 9.33. The Hall–Kier alpha value is -0.200. The van der Waals surface area contributed by atoms with Crippen LogP contribution in [0.1, 0.15) is 89.9 Å². The van der Waals surface area contributed by atoms with Gasteiger partial charge in [-0.25, -0.2) is 0 Å². The molecule has 3 saturated heterocycles. The molecular weight excluding hydrogens is 372 g/mol. The van der Waals surface area contributed by atoms with Gasteiger partial charge in [-0.15, -0.1) is 0 Å². The Morgan fingerprint density at radius 3 is 2.17 bits per heavy atom. The van der Waals surface area contributed by atoms with E-state index in [4.69, 9.17) is 10.5 Å². The van der Waals surface area contributed by atoms with Gasteiger partial charge in [-0.2, -0.15) is 0 Å². The molecule has 0 aromatic rings. The predicted molar refractivity (Wildman–Crippen MR) is 118 cm³/mol. The highest BCUT2D eigenvalue weighted by molar-refractivity contribution is 5.12. The van der Waals surface area contributed by atoms with E-state index in [1.165, 1.54) is 89.9 Å². The maximum Gasteiger partial charge on any atom is 0.118 e. The summed E-state index contributed by atoms with van der Waals surface area (Å²) >= 11 is 0. The third-order valence-electron chi connectivity index (χ3n) is 10.5. The molecule has 11 unspecified atom stereocenters. The van der Waals surface area contributed by atoms with Crippen molar-refractivity contribution < 1.29 is 4.74 Å². The van der Waals surface area contributed by atoms with Crippen LogP contribution in [-0.4, -0.2) is 64.5 Å². The van der Waals surface area contributed by atoms with E-state index < -0.39 is 0 Å². The lowest BCUT2D eigenvalue weighted by Gasteiger charge is -2.44. The second-order valence-corrected chi connectivity index (χ2v) is 11.9. The molecule has 3 aliphatic heterocycles. The van der Waals surface area contributed by atoms with Crippen molar-refractivity contribution >= 4 is 0 Å². The van der Waals surface area contributed by atoms with Crippen molar-refractivity contribution in [2.45, 2.75) is 145 Å². The lowest BCUT2D eigenvalue weighted by molar-refractivity contribution is -0.0190. The van der Waals surface area contributed by atoms with Gasteiger partial charge < -0.3 is 10.5 Å². The molecule has 0 amide bonds. The second-order valence-electron chi connectivity index (χ2n) is 11.9. The van der Waals surface area contributed by atoms with E-state index in [0.29, 0.717) is 24.5 Å². The third kappa shape index (κ3) is 2.84. The lowest BCUT2D eigenvalue weighted by Crippen LogP contribution is -2.55. The topological polar surface area (TPSA) is 53.8 Å². The molecule has 11 atom stereocenters. The Morgan fingerprint density at radius 1 is 0.667 bits per heavy atom. The summed E-state index contributed by atoms with van der Waals surface area (Å²) in [4.78, 5) is 6.04. The first-order valence-corrected chi connectivity index (χ1v) is 13.5. The average Bonchev–Trinajstić information content (AvgIpc) is 3.41. The number of nitrogens with two attached hydrogens (primary N) is 1. The number of hydrogen-bond donors (Lipinski definition) is 2. The Kier molecular flexibility index (Phi) is 4.76. The van der Waals surface area contributed by atoms with Crippen molar-refractivity contribution in [1.29, 1.82) is 0 Å². The number of nitrogens with one attached hydrogen (secondary N) is 1. The van der Waals surface area contributed by atoms with Crippen LogP contribution in [0.4, 0.5) is 0 Å². The first kappa shape index (κ1) is 19.3. The van der Waals surface area contributed by atoms with E-state index in [9.17, 15) is 0 Å². The van der Waals surface area contributed by atoms with Gasteiger partial charge in [0.1, 0.15) is 6.29 Å². The minimum Gasteiger partial charge on any atom is -0.374 e. The summed E-state index contributed by atoms with van der Waals surface area (Å²) in [6.07, 6.45) is 20.6. The first-order valence-electron chi connectivity index (χ1n) is 13.5. The molecule has 0 bridgehead atoms. The summed E-state index contributed by atoms with van der Waals surface area (Å²) in [5.74, 6) is 1.50. The number of fused-ring (bicyclic) bond motifs is 8. The average molecular weight is 415 g/mol. The minimum atomic E-state index is 0.415. The SMILES string of the molecule is NC1CCC2OC3CCC(N4C5CCCCC5N5C6CCCCC6NC45)CC3C2C1. The van der Waals surface area contributed by atoms with E-state index in [2.05, 4.69) is 15.1 Å². The van der Waals surface area contributed by atoms with Crippen LogP contribution in [0, 0.1) is 11.8 Å². The van der Waals surface area contributed by atoms with Gasteiger partial charge in [0.15, 0.2) is 0 Å². The van der Waals surface area contributed by atoms with Gasteiger partial charge in [0.05, 0.1) is 12.2 Å². The summed E-state index contributed by atoms with van der Waals surface area (Å²) in [7, 11) is 0. The van der Waals surface area contributed by atoms with Crippen LogP contribution in [0.3, 0.4) is 0 Å². The van der Waals surface area contributed by atoms with Crippen LogP contribution in [0.5, 0.6) is 0 Å². The third-order valence-corrected chi connectivity index (χ3v) is 10.5. The zero-order valence-corrected chi connectivity index (χ0v) is 18.6. The Morgan fingerprint density at radius 2 is 1.33 bits per heavy atom. The summed E-state index contributed by atoms with van der Waals surface area (Å²) in [6, 6.07) is 4.34. The van der Waals surface area contributed by atoms with Gasteiger partial charge in [-0.05, 0) is 76.0 Å². The van der Waals surface area contributed by atoms with Gasteiger partial charge in [0.2, 0.25) is 0 Å². The summed E-state index contributed by atoms with van der Waals surface area (Å²) in [5, 5.41) is 4.18. The molecule has 3 N–H and O–H groups in total. The van der Waals surface area contributed by atoms with Crippen LogP contribution >= 0.6 is 0 Å². The number of ether oxygens (including phenoxy) is 1. The minimum absolute atomic E-state index is 0.415. The molecule has 0 aromatic heterocycles. The van der Waals surface area contributed by atoms with E-state index in [0.717, 1.165) is 42.0 Å². The molecule has 7 rings (SSSR count). The molecule has 0 aromatic carbocycles. The van der Waals surface area contributed by atoms with Crippen molar-refractivity contribution in [3.8, 4) is 0 Å². The molecule has 0 spiro atoms. The van der Waals surface area contributed by atoms with Gasteiger partial charge in [0.25, 0.3) is 0 Å². The molecular formula is C25H42N4O. The molecule has 168 valence electrons. The highest BCUT2D eigenvalue weighted by Crippen LogP contribution is 2.51. The van der Waals surface area contributed by atoms with Gasteiger partial charge in [-0.3, -0.25) is 15.1 Å². The van der Waals surface area contributed by atoms with Gasteiger partial charge >= 0.3 is 0 Å². The van der Waals surface area contributed by atoms with Crippen LogP contribution in [0.2, 0.25) is 0 Å². The zero-order valence-electron chi connectivity index (χ0n) is 18.6. The van der Waals surface area contributed by atoms with E-state index in [1.807, 2.05) is 0 Å². The van der Waals surface area contributed by atoms with E-state index in [1.54, 1.807) is 0 Å². The largest absolute Gasteiger partial charge is 0.374 e. The lowest BCUT2D eigenvalue weighted by atomic mass is 9.70. The number of nitrogens with zero attached hydrogens (tertiary/aromatic N) is 2. The maximum absolute atomic E-state index is 6.60. The van der Waals surface area contributed by atoms with Crippen LogP contribution in [0.15, 0.2) is 0 Å². The molecule has 7 aliphatic rings. The molecule has 4 aliphatic carbocycles. The smallest absolute Gasteiger partial charge is 0.118 e. The van der Waals surface area contributed by atoms with Crippen molar-refractivity contribution in [3.63, 3.8) is 0 Å². The maximum atomic E-state index is 6.60. The molecule has 3 heterocycles.